The lowest BCUT2D eigenvalue weighted by atomic mass is 10.1. The monoisotopic (exact) mass is 487 g/mol. The molecule has 4 aromatic rings. The topological polar surface area (TPSA) is 110 Å². The van der Waals surface area contributed by atoms with Crippen LogP contribution < -0.4 is 14.8 Å². The second-order valence-electron chi connectivity index (χ2n) is 8.41. The number of hydrogen-bond acceptors (Lipinski definition) is 8. The van der Waals surface area contributed by atoms with Gasteiger partial charge in [0.25, 0.3) is 0 Å². The number of aliphatic hydroxyl groups is 1. The first kappa shape index (κ1) is 24.9. The maximum atomic E-state index is 11.8. The Bertz CT molecular complexity index is 1330. The van der Waals surface area contributed by atoms with Crippen LogP contribution in [0.5, 0.6) is 11.5 Å². The molecule has 4 rings (SSSR count). The third-order valence-electron chi connectivity index (χ3n) is 5.83. The number of hydrogen-bond donors (Lipinski definition) is 2. The summed E-state index contributed by atoms with van der Waals surface area (Å²) in [7, 11) is 1.64. The molecule has 0 spiro atoms. The zero-order chi connectivity index (χ0) is 25.5. The van der Waals surface area contributed by atoms with E-state index in [1.54, 1.807) is 13.2 Å². The van der Waals surface area contributed by atoms with Gasteiger partial charge in [-0.25, -0.2) is 9.97 Å². The number of rotatable bonds is 10. The Morgan fingerprint density at radius 1 is 1.06 bits per heavy atom. The molecule has 1 atom stereocenters. The number of benzene rings is 2. The molecule has 2 aromatic carbocycles. The first-order valence-corrected chi connectivity index (χ1v) is 11.6. The number of fused-ring (bicyclic) bond motifs is 1. The van der Waals surface area contributed by atoms with Crippen molar-refractivity contribution in [3.63, 3.8) is 0 Å². The number of pyridine rings is 1. The molecule has 0 unspecified atom stereocenters. The van der Waals surface area contributed by atoms with Crippen LogP contribution >= 0.6 is 0 Å². The summed E-state index contributed by atoms with van der Waals surface area (Å²) in [5, 5.41) is 13.2. The van der Waals surface area contributed by atoms with Gasteiger partial charge in [-0.1, -0.05) is 12.1 Å². The van der Waals surface area contributed by atoms with Crippen molar-refractivity contribution in [1.29, 1.82) is 0 Å². The van der Waals surface area contributed by atoms with Gasteiger partial charge in [0.2, 0.25) is 5.91 Å². The smallest absolute Gasteiger partial charge is 0.248 e. The molecule has 0 bridgehead atoms. The molecule has 0 saturated heterocycles. The highest BCUT2D eigenvalue weighted by molar-refractivity contribution is 5.95. The third-order valence-corrected chi connectivity index (χ3v) is 5.83. The van der Waals surface area contributed by atoms with Crippen molar-refractivity contribution in [2.45, 2.75) is 26.5 Å². The van der Waals surface area contributed by atoms with Crippen molar-refractivity contribution < 1.29 is 19.4 Å². The Balaban J connectivity index is 1.51. The summed E-state index contributed by atoms with van der Waals surface area (Å²) in [6.07, 6.45) is 3.25. The Labute approximate surface area is 209 Å². The fourth-order valence-electron chi connectivity index (χ4n) is 3.63. The molecule has 0 radical (unpaired) electrons. The number of carbonyl (C=O) groups is 1. The molecule has 0 aliphatic carbocycles. The van der Waals surface area contributed by atoms with Gasteiger partial charge in [0.05, 0.1) is 22.6 Å². The van der Waals surface area contributed by atoms with E-state index in [1.807, 2.05) is 68.4 Å². The highest BCUT2D eigenvalue weighted by Crippen LogP contribution is 2.32. The summed E-state index contributed by atoms with van der Waals surface area (Å²) < 4.78 is 12.0. The molecule has 0 aliphatic heterocycles. The SMILES string of the molecule is Cc1cc(Nc2ncnc3cccc(OC[C@@H](C)N(C)C(=O)CO)c23)ccc1OCc1ccccn1. The molecule has 2 N–H and O–H groups in total. The highest BCUT2D eigenvalue weighted by Gasteiger charge is 2.17. The van der Waals surface area contributed by atoms with Crippen molar-refractivity contribution >= 4 is 28.3 Å². The number of aliphatic hydroxyl groups excluding tert-OH is 1. The zero-order valence-corrected chi connectivity index (χ0v) is 20.5. The molecule has 0 fully saturated rings. The summed E-state index contributed by atoms with van der Waals surface area (Å²) in [5.74, 6) is 1.61. The molecule has 186 valence electrons. The van der Waals surface area contributed by atoms with Gasteiger partial charge in [-0.2, -0.15) is 0 Å². The van der Waals surface area contributed by atoms with E-state index in [-0.39, 0.29) is 18.6 Å². The number of nitrogens with one attached hydrogen (secondary N) is 1. The average Bonchev–Trinajstić information content (AvgIpc) is 2.91. The van der Waals surface area contributed by atoms with Gasteiger partial charge in [-0.15, -0.1) is 0 Å². The number of anilines is 2. The molecule has 9 heteroatoms. The van der Waals surface area contributed by atoms with Gasteiger partial charge < -0.3 is 24.8 Å². The minimum absolute atomic E-state index is 0.234. The number of nitrogens with zero attached hydrogens (tertiary/aromatic N) is 4. The highest BCUT2D eigenvalue weighted by atomic mass is 16.5. The summed E-state index contributed by atoms with van der Waals surface area (Å²) >= 11 is 0. The summed E-state index contributed by atoms with van der Waals surface area (Å²) in [6.45, 7) is 3.94. The summed E-state index contributed by atoms with van der Waals surface area (Å²) in [5.41, 5.74) is 3.40. The van der Waals surface area contributed by atoms with Crippen molar-refractivity contribution in [2.75, 3.05) is 25.6 Å². The molecule has 9 nitrogen and oxygen atoms in total. The predicted molar refractivity (Wildman–Crippen MR) is 137 cm³/mol. The van der Waals surface area contributed by atoms with Crippen molar-refractivity contribution in [2.24, 2.45) is 0 Å². The van der Waals surface area contributed by atoms with Gasteiger partial charge in [0.1, 0.15) is 43.5 Å². The molecule has 0 aliphatic rings. The fraction of sp³-hybridized carbons (Fsp3) is 0.259. The first-order valence-electron chi connectivity index (χ1n) is 11.6. The number of ether oxygens (including phenoxy) is 2. The quantitative estimate of drug-likeness (QED) is 0.347. The Morgan fingerprint density at radius 3 is 2.67 bits per heavy atom. The van der Waals surface area contributed by atoms with Crippen LogP contribution in [0.3, 0.4) is 0 Å². The number of carbonyl (C=O) groups excluding carboxylic acids is 1. The Kier molecular flexibility index (Phi) is 7.92. The minimum atomic E-state index is -0.538. The molecule has 36 heavy (non-hydrogen) atoms. The van der Waals surface area contributed by atoms with Crippen molar-refractivity contribution in [1.82, 2.24) is 19.9 Å². The van der Waals surface area contributed by atoms with Crippen LogP contribution in [0.25, 0.3) is 10.9 Å². The van der Waals surface area contributed by atoms with Crippen molar-refractivity contribution in [3.05, 3.63) is 78.4 Å². The summed E-state index contributed by atoms with van der Waals surface area (Å²) in [6, 6.07) is 16.9. The van der Waals surface area contributed by atoms with Gasteiger partial charge >= 0.3 is 0 Å². The van der Waals surface area contributed by atoms with E-state index >= 15 is 0 Å². The van der Waals surface area contributed by atoms with Gasteiger partial charge in [-0.3, -0.25) is 9.78 Å². The maximum absolute atomic E-state index is 11.8. The largest absolute Gasteiger partial charge is 0.491 e. The van der Waals surface area contributed by atoms with Gasteiger partial charge in [-0.05, 0) is 61.9 Å². The van der Waals surface area contributed by atoms with E-state index in [0.29, 0.717) is 18.2 Å². The van der Waals surface area contributed by atoms with Crippen LogP contribution in [0.2, 0.25) is 0 Å². The first-order chi connectivity index (χ1) is 17.5. The Hall–Kier alpha value is -4.24. The fourth-order valence-corrected chi connectivity index (χ4v) is 3.63. The third kappa shape index (κ3) is 5.87. The lowest BCUT2D eigenvalue weighted by molar-refractivity contribution is -0.135. The van der Waals surface area contributed by atoms with E-state index in [2.05, 4.69) is 20.3 Å². The van der Waals surface area contributed by atoms with Crippen LogP contribution in [0.4, 0.5) is 11.5 Å². The molecular formula is C27H29N5O4. The van der Waals surface area contributed by atoms with Crippen LogP contribution in [0.1, 0.15) is 18.2 Å². The van der Waals surface area contributed by atoms with E-state index in [0.717, 1.165) is 33.6 Å². The molecule has 2 heterocycles. The maximum Gasteiger partial charge on any atom is 0.248 e. The van der Waals surface area contributed by atoms with Gasteiger partial charge in [0.15, 0.2) is 0 Å². The van der Waals surface area contributed by atoms with Crippen LogP contribution in [0, 0.1) is 6.92 Å². The number of amides is 1. The van der Waals surface area contributed by atoms with E-state index in [1.165, 1.54) is 11.2 Å². The number of likely N-dealkylation sites (N-methyl/N-ethyl adjacent to an activating group) is 1. The Morgan fingerprint density at radius 2 is 1.92 bits per heavy atom. The second kappa shape index (κ2) is 11.5. The standard InChI is InChI=1S/C27H29N5O4/c1-18-13-20(10-11-23(18)36-16-21-7-4-5-12-28-21)31-27-26-22(29-17-30-27)8-6-9-24(26)35-15-19(2)32(3)25(34)14-33/h4-13,17,19,33H,14-16H2,1-3H3,(H,29,30,31)/t19-/m1/s1. The predicted octanol–water partition coefficient (Wildman–Crippen LogP) is 3.87. The molecular weight excluding hydrogens is 458 g/mol. The van der Waals surface area contributed by atoms with Gasteiger partial charge in [0, 0.05) is 18.9 Å². The number of aryl methyl sites for hydroxylation is 1. The zero-order valence-electron chi connectivity index (χ0n) is 20.5. The second-order valence-corrected chi connectivity index (χ2v) is 8.41. The lowest BCUT2D eigenvalue weighted by Crippen LogP contribution is -2.40. The van der Waals surface area contributed by atoms with E-state index in [9.17, 15) is 4.79 Å². The molecule has 1 amide bonds. The van der Waals surface area contributed by atoms with Crippen LogP contribution in [-0.4, -0.2) is 57.2 Å². The van der Waals surface area contributed by atoms with Crippen LogP contribution in [-0.2, 0) is 11.4 Å². The normalized spacial score (nSPS) is 11.7. The average molecular weight is 488 g/mol. The van der Waals surface area contributed by atoms with Crippen LogP contribution in [0.15, 0.2) is 67.1 Å². The number of aromatic nitrogens is 3. The summed E-state index contributed by atoms with van der Waals surface area (Å²) in [4.78, 5) is 26.4. The van der Waals surface area contributed by atoms with E-state index < -0.39 is 6.61 Å². The van der Waals surface area contributed by atoms with E-state index in [4.69, 9.17) is 14.6 Å². The van der Waals surface area contributed by atoms with Crippen molar-refractivity contribution in [3.8, 4) is 11.5 Å². The molecule has 0 saturated carbocycles. The minimum Gasteiger partial charge on any atom is -0.491 e. The molecule has 2 aromatic heterocycles. The lowest BCUT2D eigenvalue weighted by Gasteiger charge is -2.24.